The molecule has 234 valence electrons. The Labute approximate surface area is 264 Å². The number of alkyl halides is 3. The van der Waals surface area contributed by atoms with Gasteiger partial charge in [0.1, 0.15) is 18.2 Å². The first-order valence-electron chi connectivity index (χ1n) is 14.2. The molecule has 6 rings (SSSR count). The molecule has 0 saturated heterocycles. The zero-order valence-corrected chi connectivity index (χ0v) is 25.5. The summed E-state index contributed by atoms with van der Waals surface area (Å²) in [5.74, 6) is -2.46. The number of carbonyl (C=O) groups is 2. The van der Waals surface area contributed by atoms with Crippen LogP contribution in [0.1, 0.15) is 48.7 Å². The number of rotatable bonds is 7. The predicted molar refractivity (Wildman–Crippen MR) is 165 cm³/mol. The molecule has 5 aromatic rings. The molecule has 0 unspecified atom stereocenters. The van der Waals surface area contributed by atoms with Gasteiger partial charge in [0, 0.05) is 28.4 Å². The van der Waals surface area contributed by atoms with Crippen LogP contribution < -0.4 is 4.74 Å². The molecule has 2 atom stereocenters. The highest BCUT2D eigenvalue weighted by Crippen LogP contribution is 2.39. The number of benzene rings is 3. The van der Waals surface area contributed by atoms with E-state index in [0.717, 1.165) is 62.8 Å². The minimum atomic E-state index is -5.08. The summed E-state index contributed by atoms with van der Waals surface area (Å²) in [5.41, 5.74) is 4.74. The molecule has 2 N–H and O–H groups in total. The summed E-state index contributed by atoms with van der Waals surface area (Å²) in [6.45, 7) is 0.982. The number of pyridine rings is 1. The maximum atomic E-state index is 12.1. The van der Waals surface area contributed by atoms with Crippen molar-refractivity contribution in [2.24, 2.45) is 5.92 Å². The third-order valence-electron chi connectivity index (χ3n) is 7.70. The maximum Gasteiger partial charge on any atom is 0.490 e. The van der Waals surface area contributed by atoms with Gasteiger partial charge in [0.2, 0.25) is 0 Å². The largest absolute Gasteiger partial charge is 0.490 e. The van der Waals surface area contributed by atoms with Crippen LogP contribution in [0.3, 0.4) is 0 Å². The minimum Gasteiger partial charge on any atom is -0.487 e. The first kappa shape index (κ1) is 32.0. The van der Waals surface area contributed by atoms with Crippen LogP contribution in [0.25, 0.3) is 21.9 Å². The molecular weight excluding hydrogens is 655 g/mol. The predicted octanol–water partition coefficient (Wildman–Crippen LogP) is 7.97. The van der Waals surface area contributed by atoms with E-state index >= 15 is 0 Å². The van der Waals surface area contributed by atoms with Crippen molar-refractivity contribution in [1.82, 2.24) is 14.5 Å². The Hall–Kier alpha value is -4.45. The van der Waals surface area contributed by atoms with Crippen molar-refractivity contribution in [2.75, 3.05) is 0 Å². The van der Waals surface area contributed by atoms with Crippen LogP contribution in [-0.2, 0) is 22.7 Å². The van der Waals surface area contributed by atoms with Gasteiger partial charge in [-0.25, -0.2) is 14.8 Å². The molecule has 2 heterocycles. The summed E-state index contributed by atoms with van der Waals surface area (Å²) in [4.78, 5) is 30.8. The lowest BCUT2D eigenvalue weighted by atomic mass is 9.78. The molecule has 0 amide bonds. The van der Waals surface area contributed by atoms with Gasteiger partial charge in [0.05, 0.1) is 28.2 Å². The van der Waals surface area contributed by atoms with Crippen molar-refractivity contribution in [3.05, 3.63) is 100 Å². The number of aliphatic carboxylic acids is 2. The normalized spacial score (nSPS) is 16.6. The Morgan fingerprint density at radius 1 is 0.911 bits per heavy atom. The molecule has 1 aliphatic rings. The number of hydrogen-bond donors (Lipinski definition) is 2. The van der Waals surface area contributed by atoms with Gasteiger partial charge in [-0.1, -0.05) is 65.2 Å². The molecule has 8 nitrogen and oxygen atoms in total. The number of carboxylic acid groups (broad SMARTS) is 2. The second kappa shape index (κ2) is 13.7. The van der Waals surface area contributed by atoms with Crippen LogP contribution in [0.5, 0.6) is 5.75 Å². The van der Waals surface area contributed by atoms with Gasteiger partial charge in [0.25, 0.3) is 0 Å². The molecule has 0 aliphatic heterocycles. The van der Waals surface area contributed by atoms with Gasteiger partial charge in [0.15, 0.2) is 0 Å². The Bertz CT molecular complexity index is 1820. The zero-order chi connectivity index (χ0) is 32.1. The molecule has 0 bridgehead atoms. The van der Waals surface area contributed by atoms with Gasteiger partial charge in [-0.05, 0) is 54.8 Å². The molecule has 2 aromatic heterocycles. The molecule has 1 aliphatic carbocycles. The maximum absolute atomic E-state index is 12.1. The van der Waals surface area contributed by atoms with E-state index in [2.05, 4.69) is 38.7 Å². The number of nitrogens with zero attached hydrogens (tertiary/aromatic N) is 3. The number of imidazole rings is 1. The molecule has 0 radical (unpaired) electrons. The van der Waals surface area contributed by atoms with E-state index in [1.54, 1.807) is 0 Å². The van der Waals surface area contributed by atoms with E-state index in [0.29, 0.717) is 25.3 Å². The van der Waals surface area contributed by atoms with Crippen LogP contribution in [-0.4, -0.2) is 42.9 Å². The summed E-state index contributed by atoms with van der Waals surface area (Å²) in [7, 11) is 0. The van der Waals surface area contributed by atoms with Crippen molar-refractivity contribution in [1.29, 1.82) is 0 Å². The Balaban J connectivity index is 0.000000515. The zero-order valence-electron chi connectivity index (χ0n) is 23.9. The quantitative estimate of drug-likeness (QED) is 0.179. The van der Waals surface area contributed by atoms with E-state index in [-0.39, 0.29) is 5.92 Å². The fraction of sp³-hybridized carbons (Fsp3) is 0.273. The molecule has 45 heavy (non-hydrogen) atoms. The highest BCUT2D eigenvalue weighted by molar-refractivity contribution is 9.10. The number of para-hydroxylation sites is 1. The number of carboxylic acids is 2. The fourth-order valence-electron chi connectivity index (χ4n) is 5.52. The van der Waals surface area contributed by atoms with Crippen LogP contribution in [0, 0.1) is 5.92 Å². The van der Waals surface area contributed by atoms with E-state index in [9.17, 15) is 23.1 Å². The number of halogens is 4. The SMILES string of the molecule is O=C(O)C(F)(F)F.O=C(O)[C@@H]1CCCC[C@H]1c1nc2cc(OCc3ccc4ccccc4n3)ccc2n1Cc1ccc(Br)cc1. The number of aromatic nitrogens is 3. The summed E-state index contributed by atoms with van der Waals surface area (Å²) >= 11 is 3.51. The van der Waals surface area contributed by atoms with Crippen molar-refractivity contribution >= 4 is 49.8 Å². The van der Waals surface area contributed by atoms with Crippen molar-refractivity contribution in [3.63, 3.8) is 0 Å². The number of hydrogen-bond acceptors (Lipinski definition) is 5. The van der Waals surface area contributed by atoms with Gasteiger partial charge in [-0.15, -0.1) is 0 Å². The highest BCUT2D eigenvalue weighted by atomic mass is 79.9. The lowest BCUT2D eigenvalue weighted by Gasteiger charge is -2.28. The summed E-state index contributed by atoms with van der Waals surface area (Å²) in [5, 5.41) is 18.2. The average molecular weight is 685 g/mol. The third-order valence-corrected chi connectivity index (χ3v) is 8.23. The molecule has 1 saturated carbocycles. The van der Waals surface area contributed by atoms with E-state index in [4.69, 9.17) is 24.6 Å². The van der Waals surface area contributed by atoms with Gasteiger partial charge < -0.3 is 19.5 Å². The van der Waals surface area contributed by atoms with Crippen LogP contribution in [0.4, 0.5) is 13.2 Å². The Kier molecular flexibility index (Phi) is 9.71. The van der Waals surface area contributed by atoms with E-state index in [1.165, 1.54) is 0 Å². The van der Waals surface area contributed by atoms with Crippen LogP contribution in [0.2, 0.25) is 0 Å². The molecule has 0 spiro atoms. The fourth-order valence-corrected chi connectivity index (χ4v) is 5.79. The minimum absolute atomic E-state index is 0.115. The monoisotopic (exact) mass is 683 g/mol. The molecule has 12 heteroatoms. The summed E-state index contributed by atoms with van der Waals surface area (Å²) in [6.07, 6.45) is -1.60. The molecule has 3 aromatic carbocycles. The summed E-state index contributed by atoms with van der Waals surface area (Å²) < 4.78 is 41.1. The van der Waals surface area contributed by atoms with E-state index in [1.807, 2.05) is 60.7 Å². The van der Waals surface area contributed by atoms with Gasteiger partial charge in [-0.2, -0.15) is 13.2 Å². The highest BCUT2D eigenvalue weighted by Gasteiger charge is 2.38. The Morgan fingerprint density at radius 3 is 2.33 bits per heavy atom. The average Bonchev–Trinajstić information content (AvgIpc) is 3.38. The number of ether oxygens (including phenoxy) is 1. The standard InChI is InChI=1S/C31H28BrN3O3.C2HF3O2/c32-22-12-9-20(10-13-22)18-35-29-16-15-24(38-19-23-14-11-21-5-1-4-8-27(21)33-23)17-28(29)34-30(35)25-6-2-3-7-26(25)31(36)37;3-2(4,5)1(6)7/h1,4-5,8-17,25-26H,2-3,6-7,18-19H2,(H,36,37);(H,6,7)/t25-,26-;/m1./s1. The molecule has 1 fully saturated rings. The second-order valence-corrected chi connectivity index (χ2v) is 11.7. The van der Waals surface area contributed by atoms with Gasteiger partial charge >= 0.3 is 18.1 Å². The second-order valence-electron chi connectivity index (χ2n) is 10.8. The first-order valence-corrected chi connectivity index (χ1v) is 15.0. The third kappa shape index (κ3) is 7.80. The number of fused-ring (bicyclic) bond motifs is 2. The van der Waals surface area contributed by atoms with Crippen molar-refractivity contribution in [3.8, 4) is 5.75 Å². The lowest BCUT2D eigenvalue weighted by molar-refractivity contribution is -0.192. The Morgan fingerprint density at radius 2 is 1.62 bits per heavy atom. The van der Waals surface area contributed by atoms with Crippen molar-refractivity contribution < 1.29 is 37.7 Å². The van der Waals surface area contributed by atoms with Crippen LogP contribution in [0.15, 0.2) is 83.3 Å². The van der Waals surface area contributed by atoms with Crippen molar-refractivity contribution in [2.45, 2.75) is 50.9 Å². The molecular formula is C33H29BrF3N3O5. The summed E-state index contributed by atoms with van der Waals surface area (Å²) in [6, 6.07) is 26.3. The van der Waals surface area contributed by atoms with Gasteiger partial charge in [-0.3, -0.25) is 4.79 Å². The lowest BCUT2D eigenvalue weighted by Crippen LogP contribution is -2.27. The topological polar surface area (TPSA) is 115 Å². The smallest absolute Gasteiger partial charge is 0.487 e. The van der Waals surface area contributed by atoms with Crippen LogP contribution >= 0.6 is 15.9 Å². The van der Waals surface area contributed by atoms with E-state index < -0.39 is 24.0 Å². The first-order chi connectivity index (χ1) is 21.5.